The number of hydrogen-bond donors (Lipinski definition) is 1. The molecule has 2 aromatic carbocycles. The van der Waals surface area contributed by atoms with Crippen LogP contribution in [0.5, 0.6) is 5.75 Å². The average molecular weight is 541 g/mol. The van der Waals surface area contributed by atoms with Crippen LogP contribution in [0.2, 0.25) is 0 Å². The van der Waals surface area contributed by atoms with Crippen LogP contribution >= 0.6 is 0 Å². The number of rotatable bonds is 10. The van der Waals surface area contributed by atoms with Gasteiger partial charge in [0.1, 0.15) is 11.6 Å². The van der Waals surface area contributed by atoms with Crippen molar-refractivity contribution in [2.24, 2.45) is 11.7 Å². The second kappa shape index (κ2) is 13.9. The zero-order valence-corrected chi connectivity index (χ0v) is 23.1. The summed E-state index contributed by atoms with van der Waals surface area (Å²) in [5.74, 6) is 0.178. The van der Waals surface area contributed by atoms with Gasteiger partial charge in [-0.2, -0.15) is 0 Å². The summed E-state index contributed by atoms with van der Waals surface area (Å²) < 4.78 is 25.0. The summed E-state index contributed by atoms with van der Waals surface area (Å²) in [6, 6.07) is 12.0. The molecule has 0 spiro atoms. The summed E-state index contributed by atoms with van der Waals surface area (Å²) in [5, 5.41) is 0. The Hall–Kier alpha value is -3.01. The van der Waals surface area contributed by atoms with E-state index < -0.39 is 6.04 Å². The van der Waals surface area contributed by atoms with E-state index in [0.29, 0.717) is 56.2 Å². The zero-order chi connectivity index (χ0) is 27.8. The van der Waals surface area contributed by atoms with Gasteiger partial charge < -0.3 is 25.0 Å². The van der Waals surface area contributed by atoms with Crippen molar-refractivity contribution in [1.82, 2.24) is 14.7 Å². The standard InChI is InChI=1S/C30H41FN4O4/c1-3-39-27-10-6-9-26(31)25(27)21-34-17-19-35(20-18-34)29(36)28(32)23-12-15-33(16-13-23)14-11-22-7-4-5-8-24(22)30(37)38-2/h4-10,23,28H,3,11-21,32H2,1-2H3/t28-/m1/s1. The fourth-order valence-electron chi connectivity index (χ4n) is 5.61. The molecule has 0 saturated carbocycles. The first-order chi connectivity index (χ1) is 18.9. The molecular weight excluding hydrogens is 499 g/mol. The van der Waals surface area contributed by atoms with Crippen LogP contribution in [0.15, 0.2) is 42.5 Å². The van der Waals surface area contributed by atoms with E-state index in [0.717, 1.165) is 44.5 Å². The van der Waals surface area contributed by atoms with Gasteiger partial charge in [0, 0.05) is 44.8 Å². The fourth-order valence-corrected chi connectivity index (χ4v) is 5.61. The minimum Gasteiger partial charge on any atom is -0.493 e. The Labute approximate surface area is 230 Å². The van der Waals surface area contributed by atoms with Gasteiger partial charge in [0.15, 0.2) is 0 Å². The molecule has 39 heavy (non-hydrogen) atoms. The third-order valence-electron chi connectivity index (χ3n) is 7.99. The first kappa shape index (κ1) is 29.0. The lowest BCUT2D eigenvalue weighted by atomic mass is 9.88. The number of carbonyl (C=O) groups excluding carboxylic acids is 2. The highest BCUT2D eigenvalue weighted by atomic mass is 19.1. The molecule has 0 bridgehead atoms. The summed E-state index contributed by atoms with van der Waals surface area (Å²) in [4.78, 5) is 31.7. The molecule has 2 aliphatic heterocycles. The van der Waals surface area contributed by atoms with Gasteiger partial charge in [0.25, 0.3) is 0 Å². The maximum atomic E-state index is 14.5. The predicted molar refractivity (Wildman–Crippen MR) is 148 cm³/mol. The number of esters is 1. The van der Waals surface area contributed by atoms with Crippen molar-refractivity contribution < 1.29 is 23.5 Å². The van der Waals surface area contributed by atoms with E-state index in [4.69, 9.17) is 15.2 Å². The Morgan fingerprint density at radius 1 is 1.00 bits per heavy atom. The minimum atomic E-state index is -0.505. The van der Waals surface area contributed by atoms with Gasteiger partial charge in [-0.3, -0.25) is 9.69 Å². The van der Waals surface area contributed by atoms with Crippen LogP contribution in [0.3, 0.4) is 0 Å². The fraction of sp³-hybridized carbons (Fsp3) is 0.533. The van der Waals surface area contributed by atoms with E-state index in [-0.39, 0.29) is 23.6 Å². The third kappa shape index (κ3) is 7.35. The van der Waals surface area contributed by atoms with Gasteiger partial charge in [0.05, 0.1) is 25.3 Å². The number of nitrogens with zero attached hydrogens (tertiary/aromatic N) is 3. The minimum absolute atomic E-state index is 0.0148. The van der Waals surface area contributed by atoms with Gasteiger partial charge in [0.2, 0.25) is 5.91 Å². The van der Waals surface area contributed by atoms with Crippen molar-refractivity contribution in [3.8, 4) is 5.75 Å². The van der Waals surface area contributed by atoms with Crippen molar-refractivity contribution >= 4 is 11.9 Å². The highest BCUT2D eigenvalue weighted by molar-refractivity contribution is 5.91. The number of carbonyl (C=O) groups is 2. The summed E-state index contributed by atoms with van der Waals surface area (Å²) in [7, 11) is 1.40. The summed E-state index contributed by atoms with van der Waals surface area (Å²) in [5.41, 5.74) is 8.66. The van der Waals surface area contributed by atoms with Gasteiger partial charge >= 0.3 is 5.97 Å². The number of amides is 1. The van der Waals surface area contributed by atoms with E-state index in [2.05, 4.69) is 9.80 Å². The van der Waals surface area contributed by atoms with Crippen LogP contribution in [0.4, 0.5) is 4.39 Å². The lowest BCUT2D eigenvalue weighted by Crippen LogP contribution is -2.55. The van der Waals surface area contributed by atoms with E-state index in [1.807, 2.05) is 30.0 Å². The summed E-state index contributed by atoms with van der Waals surface area (Å²) in [6.07, 6.45) is 2.52. The molecule has 4 rings (SSSR count). The van der Waals surface area contributed by atoms with Crippen molar-refractivity contribution in [2.45, 2.75) is 38.8 Å². The Morgan fingerprint density at radius 2 is 1.72 bits per heavy atom. The topological polar surface area (TPSA) is 88.3 Å². The Morgan fingerprint density at radius 3 is 2.41 bits per heavy atom. The SMILES string of the molecule is CCOc1cccc(F)c1CN1CCN(C(=O)[C@H](N)C2CCN(CCc3ccccc3C(=O)OC)CC2)CC1. The second-order valence-corrected chi connectivity index (χ2v) is 10.4. The van der Waals surface area contributed by atoms with Crippen molar-refractivity contribution in [3.63, 3.8) is 0 Å². The maximum Gasteiger partial charge on any atom is 0.338 e. The van der Waals surface area contributed by atoms with Gasteiger partial charge in [-0.25, -0.2) is 9.18 Å². The molecule has 1 amide bonds. The molecule has 0 unspecified atom stereocenters. The molecule has 2 heterocycles. The summed E-state index contributed by atoms with van der Waals surface area (Å²) in [6.45, 7) is 7.95. The highest BCUT2D eigenvalue weighted by Gasteiger charge is 2.33. The molecule has 0 radical (unpaired) electrons. The predicted octanol–water partition coefficient (Wildman–Crippen LogP) is 2.94. The van der Waals surface area contributed by atoms with Crippen LogP contribution in [-0.4, -0.2) is 92.1 Å². The number of likely N-dealkylation sites (tertiary alicyclic amines) is 1. The largest absolute Gasteiger partial charge is 0.493 e. The molecule has 2 N–H and O–H groups in total. The Balaban J connectivity index is 1.22. The first-order valence-electron chi connectivity index (χ1n) is 14.0. The first-order valence-corrected chi connectivity index (χ1v) is 14.0. The number of piperidine rings is 1. The van der Waals surface area contributed by atoms with Crippen molar-refractivity contribution in [3.05, 3.63) is 65.0 Å². The summed E-state index contributed by atoms with van der Waals surface area (Å²) >= 11 is 0. The number of benzene rings is 2. The molecule has 0 aromatic heterocycles. The normalized spacial score (nSPS) is 18.1. The van der Waals surface area contributed by atoms with Crippen molar-refractivity contribution in [2.75, 3.05) is 59.5 Å². The molecule has 9 heteroatoms. The molecule has 212 valence electrons. The Kier molecular flexibility index (Phi) is 10.3. The number of ether oxygens (including phenoxy) is 2. The van der Waals surface area contributed by atoms with Gasteiger partial charge in [-0.05, 0) is 69.0 Å². The van der Waals surface area contributed by atoms with Crippen LogP contribution < -0.4 is 10.5 Å². The van der Waals surface area contributed by atoms with Crippen LogP contribution in [0, 0.1) is 11.7 Å². The zero-order valence-electron chi connectivity index (χ0n) is 23.1. The van der Waals surface area contributed by atoms with Crippen LogP contribution in [-0.2, 0) is 22.5 Å². The number of nitrogens with two attached hydrogens (primary N) is 1. The van der Waals surface area contributed by atoms with E-state index >= 15 is 0 Å². The molecule has 2 fully saturated rings. The molecule has 2 aromatic rings. The number of methoxy groups -OCH3 is 1. The van der Waals surface area contributed by atoms with Crippen molar-refractivity contribution in [1.29, 1.82) is 0 Å². The van der Waals surface area contributed by atoms with E-state index in [1.54, 1.807) is 18.2 Å². The Bertz CT molecular complexity index is 1110. The average Bonchev–Trinajstić information content (AvgIpc) is 2.97. The van der Waals surface area contributed by atoms with Gasteiger partial charge in [-0.15, -0.1) is 0 Å². The number of halogens is 1. The number of hydrogen-bond acceptors (Lipinski definition) is 7. The third-order valence-corrected chi connectivity index (χ3v) is 7.99. The number of piperazine rings is 1. The molecule has 8 nitrogen and oxygen atoms in total. The second-order valence-electron chi connectivity index (χ2n) is 10.4. The van der Waals surface area contributed by atoms with E-state index in [9.17, 15) is 14.0 Å². The lowest BCUT2D eigenvalue weighted by Gasteiger charge is -2.39. The van der Waals surface area contributed by atoms with Crippen LogP contribution in [0.1, 0.15) is 41.3 Å². The van der Waals surface area contributed by atoms with Gasteiger partial charge in [-0.1, -0.05) is 24.3 Å². The molecule has 1 atom stereocenters. The molecule has 2 saturated heterocycles. The molecular formula is C30H41FN4O4. The van der Waals surface area contributed by atoms with Crippen LogP contribution in [0.25, 0.3) is 0 Å². The smallest absolute Gasteiger partial charge is 0.338 e. The lowest BCUT2D eigenvalue weighted by molar-refractivity contribution is -0.136. The highest BCUT2D eigenvalue weighted by Crippen LogP contribution is 2.25. The monoisotopic (exact) mass is 540 g/mol. The molecule has 0 aliphatic carbocycles. The van der Waals surface area contributed by atoms with E-state index in [1.165, 1.54) is 13.2 Å². The molecule has 2 aliphatic rings. The maximum absolute atomic E-state index is 14.5. The quantitative estimate of drug-likeness (QED) is 0.464.